The Morgan fingerprint density at radius 3 is 2.50 bits per heavy atom. The largest absolute Gasteiger partial charge is 0.476 e. The van der Waals surface area contributed by atoms with Gasteiger partial charge in [-0.2, -0.15) is 0 Å². The number of hydrogen-bond donors (Lipinski definition) is 1. The lowest BCUT2D eigenvalue weighted by atomic mass is 10.1. The van der Waals surface area contributed by atoms with Crippen molar-refractivity contribution in [1.82, 2.24) is 0 Å². The standard InChI is InChI=1S/C11H13NO2.C2H6/c1-7-4-5-9-8(6-7)12-10(13)11(2,3)14-9;1-2/h4-6H,1-3H3,(H,12,13);1-2H3. The molecule has 3 heteroatoms. The van der Waals surface area contributed by atoms with Crippen LogP contribution in [0.25, 0.3) is 0 Å². The summed E-state index contributed by atoms with van der Waals surface area (Å²) in [6.07, 6.45) is 0. The van der Waals surface area contributed by atoms with E-state index in [1.807, 2.05) is 39.0 Å². The number of aryl methyl sites for hydroxylation is 1. The van der Waals surface area contributed by atoms with Gasteiger partial charge in [0.05, 0.1) is 5.69 Å². The van der Waals surface area contributed by atoms with E-state index >= 15 is 0 Å². The fraction of sp³-hybridized carbons (Fsp3) is 0.462. The van der Waals surface area contributed by atoms with Crippen LogP contribution in [-0.2, 0) is 4.79 Å². The summed E-state index contributed by atoms with van der Waals surface area (Å²) in [6, 6.07) is 5.75. The van der Waals surface area contributed by atoms with Crippen molar-refractivity contribution in [2.75, 3.05) is 5.32 Å². The smallest absolute Gasteiger partial charge is 0.268 e. The van der Waals surface area contributed by atoms with E-state index in [-0.39, 0.29) is 5.91 Å². The number of hydrogen-bond acceptors (Lipinski definition) is 2. The van der Waals surface area contributed by atoms with Crippen molar-refractivity contribution in [2.24, 2.45) is 0 Å². The van der Waals surface area contributed by atoms with Crippen LogP contribution in [0.5, 0.6) is 5.75 Å². The summed E-state index contributed by atoms with van der Waals surface area (Å²) in [7, 11) is 0. The van der Waals surface area contributed by atoms with E-state index in [0.29, 0.717) is 0 Å². The first kappa shape index (κ1) is 12.6. The minimum absolute atomic E-state index is 0.101. The second kappa shape index (κ2) is 4.56. The van der Waals surface area contributed by atoms with Gasteiger partial charge in [0.25, 0.3) is 5.91 Å². The zero-order chi connectivity index (χ0) is 12.3. The van der Waals surface area contributed by atoms with E-state index in [0.717, 1.165) is 17.0 Å². The van der Waals surface area contributed by atoms with Crippen LogP contribution in [0.1, 0.15) is 33.3 Å². The Kier molecular flexibility index (Phi) is 3.58. The number of carbonyl (C=O) groups excluding carboxylic acids is 1. The number of fused-ring (bicyclic) bond motifs is 1. The van der Waals surface area contributed by atoms with Crippen LogP contribution >= 0.6 is 0 Å². The molecule has 0 aromatic heterocycles. The van der Waals surface area contributed by atoms with Gasteiger partial charge >= 0.3 is 0 Å². The predicted octanol–water partition coefficient (Wildman–Crippen LogP) is 3.13. The van der Waals surface area contributed by atoms with E-state index in [9.17, 15) is 4.79 Å². The van der Waals surface area contributed by atoms with Gasteiger partial charge < -0.3 is 10.1 Å². The minimum Gasteiger partial charge on any atom is -0.476 e. The number of benzene rings is 1. The summed E-state index contributed by atoms with van der Waals surface area (Å²) in [5.74, 6) is 0.635. The summed E-state index contributed by atoms with van der Waals surface area (Å²) in [6.45, 7) is 9.49. The van der Waals surface area contributed by atoms with Crippen LogP contribution in [0.15, 0.2) is 18.2 Å². The van der Waals surface area contributed by atoms with Crippen molar-refractivity contribution < 1.29 is 9.53 Å². The molecule has 0 unspecified atom stereocenters. The Balaban J connectivity index is 0.000000606. The van der Waals surface area contributed by atoms with Crippen molar-refractivity contribution in [1.29, 1.82) is 0 Å². The molecule has 1 amide bonds. The van der Waals surface area contributed by atoms with Crippen molar-refractivity contribution in [3.05, 3.63) is 23.8 Å². The lowest BCUT2D eigenvalue weighted by molar-refractivity contribution is -0.129. The zero-order valence-corrected chi connectivity index (χ0v) is 10.5. The average molecular weight is 221 g/mol. The van der Waals surface area contributed by atoms with Crippen LogP contribution < -0.4 is 10.1 Å². The van der Waals surface area contributed by atoms with Crippen molar-refractivity contribution in [3.8, 4) is 5.75 Å². The van der Waals surface area contributed by atoms with Gasteiger partial charge in [0.15, 0.2) is 5.60 Å². The van der Waals surface area contributed by atoms with Gasteiger partial charge in [0, 0.05) is 0 Å². The molecule has 0 radical (unpaired) electrons. The van der Waals surface area contributed by atoms with Gasteiger partial charge in [0.2, 0.25) is 0 Å². The van der Waals surface area contributed by atoms with Crippen LogP contribution in [0.2, 0.25) is 0 Å². The molecule has 1 aromatic rings. The molecule has 0 atom stereocenters. The number of amides is 1. The minimum atomic E-state index is -0.776. The Bertz CT molecular complexity index is 397. The topological polar surface area (TPSA) is 38.3 Å². The maximum Gasteiger partial charge on any atom is 0.268 e. The van der Waals surface area contributed by atoms with Gasteiger partial charge in [-0.1, -0.05) is 19.9 Å². The van der Waals surface area contributed by atoms with Gasteiger partial charge in [-0.25, -0.2) is 0 Å². The quantitative estimate of drug-likeness (QED) is 0.731. The Hall–Kier alpha value is -1.51. The van der Waals surface area contributed by atoms with Gasteiger partial charge in [-0.05, 0) is 38.5 Å². The summed E-state index contributed by atoms with van der Waals surface area (Å²) in [4.78, 5) is 11.6. The average Bonchev–Trinajstić information content (AvgIpc) is 2.23. The summed E-state index contributed by atoms with van der Waals surface area (Å²) < 4.78 is 5.57. The summed E-state index contributed by atoms with van der Waals surface area (Å²) >= 11 is 0. The molecule has 88 valence electrons. The van der Waals surface area contributed by atoms with E-state index < -0.39 is 5.60 Å². The number of rotatable bonds is 0. The summed E-state index contributed by atoms with van der Waals surface area (Å²) in [5.41, 5.74) is 1.09. The first-order valence-corrected chi connectivity index (χ1v) is 5.60. The SMILES string of the molecule is CC.Cc1ccc2c(c1)NC(=O)C(C)(C)O2. The molecule has 1 aliphatic rings. The third kappa shape index (κ3) is 2.35. The molecule has 0 saturated heterocycles. The van der Waals surface area contributed by atoms with Crippen LogP contribution in [0.3, 0.4) is 0 Å². The fourth-order valence-corrected chi connectivity index (χ4v) is 1.42. The predicted molar refractivity (Wildman–Crippen MR) is 65.9 cm³/mol. The van der Waals surface area contributed by atoms with Crippen molar-refractivity contribution >= 4 is 11.6 Å². The second-order valence-corrected chi connectivity index (χ2v) is 4.07. The molecule has 1 aromatic carbocycles. The molecule has 1 aliphatic heterocycles. The molecule has 0 bridgehead atoms. The van der Waals surface area contributed by atoms with E-state index in [2.05, 4.69) is 5.32 Å². The maximum atomic E-state index is 11.6. The van der Waals surface area contributed by atoms with Crippen LogP contribution in [-0.4, -0.2) is 11.5 Å². The third-order valence-electron chi connectivity index (χ3n) is 2.30. The number of anilines is 1. The highest BCUT2D eigenvalue weighted by molar-refractivity contribution is 6.00. The molecule has 1 N–H and O–H groups in total. The normalized spacial score (nSPS) is 16.2. The number of ether oxygens (including phenoxy) is 1. The van der Waals surface area contributed by atoms with E-state index in [1.54, 1.807) is 13.8 Å². The molecule has 1 heterocycles. The lowest BCUT2D eigenvalue weighted by Gasteiger charge is -2.31. The van der Waals surface area contributed by atoms with Gasteiger partial charge in [-0.3, -0.25) is 4.79 Å². The number of nitrogens with one attached hydrogen (secondary N) is 1. The zero-order valence-electron chi connectivity index (χ0n) is 10.5. The van der Waals surface area contributed by atoms with Crippen LogP contribution in [0.4, 0.5) is 5.69 Å². The Morgan fingerprint density at radius 2 is 1.88 bits per heavy atom. The van der Waals surface area contributed by atoms with Crippen molar-refractivity contribution in [2.45, 2.75) is 40.2 Å². The maximum absolute atomic E-state index is 11.6. The van der Waals surface area contributed by atoms with Gasteiger partial charge in [0.1, 0.15) is 5.75 Å². The first-order valence-electron chi connectivity index (χ1n) is 5.60. The Morgan fingerprint density at radius 1 is 1.25 bits per heavy atom. The van der Waals surface area contributed by atoms with E-state index in [4.69, 9.17) is 4.74 Å². The fourth-order valence-electron chi connectivity index (χ4n) is 1.42. The van der Waals surface area contributed by atoms with Gasteiger partial charge in [-0.15, -0.1) is 0 Å². The highest BCUT2D eigenvalue weighted by Gasteiger charge is 2.35. The molecule has 0 aliphatic carbocycles. The molecule has 0 fully saturated rings. The molecular formula is C13H19NO2. The molecule has 0 saturated carbocycles. The molecular weight excluding hydrogens is 202 g/mol. The molecule has 16 heavy (non-hydrogen) atoms. The highest BCUT2D eigenvalue weighted by atomic mass is 16.5. The molecule has 3 nitrogen and oxygen atoms in total. The highest BCUT2D eigenvalue weighted by Crippen LogP contribution is 2.33. The number of carbonyl (C=O) groups is 1. The third-order valence-corrected chi connectivity index (χ3v) is 2.30. The van der Waals surface area contributed by atoms with Crippen LogP contribution in [0, 0.1) is 6.92 Å². The molecule has 0 spiro atoms. The molecule has 2 rings (SSSR count). The Labute approximate surface area is 96.8 Å². The summed E-state index contributed by atoms with van der Waals surface area (Å²) in [5, 5.41) is 2.83. The van der Waals surface area contributed by atoms with E-state index in [1.165, 1.54) is 0 Å². The first-order chi connectivity index (χ1) is 7.49. The monoisotopic (exact) mass is 221 g/mol. The lowest BCUT2D eigenvalue weighted by Crippen LogP contribution is -2.45. The second-order valence-electron chi connectivity index (χ2n) is 4.07. The van der Waals surface area contributed by atoms with Crippen molar-refractivity contribution in [3.63, 3.8) is 0 Å².